The van der Waals surface area contributed by atoms with Gasteiger partial charge in [-0.15, -0.1) is 0 Å². The Hall–Kier alpha value is -7.18. The molecule has 0 saturated heterocycles. The van der Waals surface area contributed by atoms with E-state index >= 15 is 0 Å². The molecule has 0 unspecified atom stereocenters. The number of fused-ring (bicyclic) bond motifs is 1. The Bertz CT molecular complexity index is 2590. The maximum absolute atomic E-state index is 5.07. The van der Waals surface area contributed by atoms with E-state index in [1.165, 1.54) is 0 Å². The van der Waals surface area contributed by atoms with Gasteiger partial charge in [-0.3, -0.25) is 9.97 Å². The number of benzene rings is 5. The summed E-state index contributed by atoms with van der Waals surface area (Å²) < 4.78 is 0. The predicted molar refractivity (Wildman–Crippen MR) is 209 cm³/mol. The highest BCUT2D eigenvalue weighted by Gasteiger charge is 2.14. The van der Waals surface area contributed by atoms with Crippen LogP contribution in [0.2, 0.25) is 0 Å². The fourth-order valence-electron chi connectivity index (χ4n) is 6.28. The third kappa shape index (κ3) is 6.32. The van der Waals surface area contributed by atoms with Crippen molar-refractivity contribution in [3.8, 4) is 79.2 Å². The van der Waals surface area contributed by atoms with E-state index in [0.29, 0.717) is 17.5 Å². The molecule has 4 aromatic heterocycles. The van der Waals surface area contributed by atoms with Crippen LogP contribution in [0.4, 0.5) is 0 Å². The summed E-state index contributed by atoms with van der Waals surface area (Å²) in [5, 5.41) is 2.22. The molecule has 0 fully saturated rings. The lowest BCUT2D eigenvalue weighted by Gasteiger charge is -2.11. The van der Waals surface area contributed by atoms with Gasteiger partial charge in [0.1, 0.15) is 0 Å². The molecule has 0 aliphatic rings. The lowest BCUT2D eigenvalue weighted by molar-refractivity contribution is 1.07. The van der Waals surface area contributed by atoms with Crippen LogP contribution in [0.1, 0.15) is 0 Å². The first-order chi connectivity index (χ1) is 25.7. The van der Waals surface area contributed by atoms with Gasteiger partial charge in [0.2, 0.25) is 0 Å². The summed E-state index contributed by atoms with van der Waals surface area (Å²) in [5.41, 5.74) is 10.2. The van der Waals surface area contributed by atoms with Gasteiger partial charge in [0.25, 0.3) is 0 Å². The minimum Gasteiger partial charge on any atom is -0.254 e. The summed E-state index contributed by atoms with van der Waals surface area (Å²) in [6.45, 7) is 0. The van der Waals surface area contributed by atoms with E-state index < -0.39 is 0 Å². The fraction of sp³-hybridized carbons (Fsp3) is 0. The van der Waals surface area contributed by atoms with E-state index in [1.54, 1.807) is 0 Å². The Labute approximate surface area is 301 Å². The maximum atomic E-state index is 5.07. The van der Waals surface area contributed by atoms with Gasteiger partial charge in [0.05, 0.1) is 22.8 Å². The van der Waals surface area contributed by atoms with Crippen molar-refractivity contribution in [3.05, 3.63) is 182 Å². The standard InChI is InChI=1S/C46H30N6/c1-4-12-31(13-5-1)39-27-42(49-43(28-39)41-26-36-18-10-11-19-37(36)29-48-41)40-25-24-38(30-47-40)32-20-22-35(23-21-32)46-51-44(33-14-6-2-7-15-33)50-45(52-46)34-16-8-3-9-17-34/h1-30H. The van der Waals surface area contributed by atoms with Crippen LogP contribution in [0.25, 0.3) is 90.0 Å². The average molecular weight is 667 g/mol. The fourth-order valence-corrected chi connectivity index (χ4v) is 6.28. The van der Waals surface area contributed by atoms with Crippen molar-refractivity contribution in [2.24, 2.45) is 0 Å². The van der Waals surface area contributed by atoms with Gasteiger partial charge in [0, 0.05) is 40.0 Å². The lowest BCUT2D eigenvalue weighted by atomic mass is 10.0. The molecule has 0 atom stereocenters. The predicted octanol–water partition coefficient (Wildman–Crippen LogP) is 10.9. The van der Waals surface area contributed by atoms with E-state index in [0.717, 1.165) is 72.5 Å². The highest BCUT2D eigenvalue weighted by Crippen LogP contribution is 2.32. The van der Waals surface area contributed by atoms with Crippen molar-refractivity contribution >= 4 is 10.8 Å². The third-order valence-electron chi connectivity index (χ3n) is 9.03. The van der Waals surface area contributed by atoms with Crippen molar-refractivity contribution in [1.82, 2.24) is 29.9 Å². The van der Waals surface area contributed by atoms with Crippen LogP contribution < -0.4 is 0 Å². The number of nitrogens with zero attached hydrogens (tertiary/aromatic N) is 6. The van der Waals surface area contributed by atoms with Crippen LogP contribution in [-0.4, -0.2) is 29.9 Å². The highest BCUT2D eigenvalue weighted by atomic mass is 15.0. The molecule has 244 valence electrons. The first-order valence-corrected chi connectivity index (χ1v) is 17.1. The summed E-state index contributed by atoms with van der Waals surface area (Å²) in [4.78, 5) is 29.3. The zero-order valence-corrected chi connectivity index (χ0v) is 28.0. The van der Waals surface area contributed by atoms with Gasteiger partial charge < -0.3 is 0 Å². The molecule has 0 radical (unpaired) electrons. The molecular formula is C46H30N6. The number of aromatic nitrogens is 6. The van der Waals surface area contributed by atoms with Crippen LogP contribution in [0.15, 0.2) is 182 Å². The molecule has 6 nitrogen and oxygen atoms in total. The summed E-state index contributed by atoms with van der Waals surface area (Å²) in [5.74, 6) is 1.89. The molecule has 4 heterocycles. The third-order valence-corrected chi connectivity index (χ3v) is 9.03. The Morgan fingerprint density at radius 3 is 1.27 bits per heavy atom. The zero-order valence-electron chi connectivity index (χ0n) is 28.0. The van der Waals surface area contributed by atoms with Crippen molar-refractivity contribution < 1.29 is 0 Å². The Morgan fingerprint density at radius 1 is 0.250 bits per heavy atom. The van der Waals surface area contributed by atoms with E-state index in [-0.39, 0.29) is 0 Å². The molecule has 9 aromatic rings. The average Bonchev–Trinajstić information content (AvgIpc) is 3.24. The molecular weight excluding hydrogens is 637 g/mol. The molecule has 0 bridgehead atoms. The SMILES string of the molecule is c1ccc(-c2cc(-c3ccc(-c4ccc(-c5nc(-c6ccccc6)nc(-c6ccccc6)n5)cc4)cn3)nc(-c3cc4ccccc4cn3)c2)cc1. The van der Waals surface area contributed by atoms with E-state index in [9.17, 15) is 0 Å². The monoisotopic (exact) mass is 666 g/mol. The number of hydrogen-bond donors (Lipinski definition) is 0. The Morgan fingerprint density at radius 2 is 0.692 bits per heavy atom. The Balaban J connectivity index is 1.04. The zero-order chi connectivity index (χ0) is 34.7. The quantitative estimate of drug-likeness (QED) is 0.168. The first-order valence-electron chi connectivity index (χ1n) is 17.1. The van der Waals surface area contributed by atoms with Gasteiger partial charge in [-0.05, 0) is 46.3 Å². The van der Waals surface area contributed by atoms with Crippen molar-refractivity contribution in [2.45, 2.75) is 0 Å². The van der Waals surface area contributed by atoms with Gasteiger partial charge in [-0.1, -0.05) is 146 Å². The van der Waals surface area contributed by atoms with Gasteiger partial charge in [-0.25, -0.2) is 19.9 Å². The summed E-state index contributed by atoms with van der Waals surface area (Å²) in [6.07, 6.45) is 3.81. The lowest BCUT2D eigenvalue weighted by Crippen LogP contribution is -2.00. The molecule has 0 amide bonds. The molecule has 9 rings (SSSR count). The second-order valence-corrected chi connectivity index (χ2v) is 12.5. The first kappa shape index (κ1) is 30.8. The highest BCUT2D eigenvalue weighted by molar-refractivity contribution is 5.86. The molecule has 5 aromatic carbocycles. The summed E-state index contributed by atoms with van der Waals surface area (Å²) in [7, 11) is 0. The van der Waals surface area contributed by atoms with Gasteiger partial charge in [0.15, 0.2) is 17.5 Å². The van der Waals surface area contributed by atoms with Crippen molar-refractivity contribution in [1.29, 1.82) is 0 Å². The van der Waals surface area contributed by atoms with Crippen LogP contribution in [0.5, 0.6) is 0 Å². The van der Waals surface area contributed by atoms with Crippen LogP contribution in [0.3, 0.4) is 0 Å². The number of pyridine rings is 3. The molecule has 0 spiro atoms. The maximum Gasteiger partial charge on any atom is 0.164 e. The number of hydrogen-bond acceptors (Lipinski definition) is 6. The van der Waals surface area contributed by atoms with Crippen LogP contribution >= 0.6 is 0 Å². The minimum atomic E-state index is 0.619. The molecule has 52 heavy (non-hydrogen) atoms. The Kier molecular flexibility index (Phi) is 8.08. The summed E-state index contributed by atoms with van der Waals surface area (Å²) >= 11 is 0. The van der Waals surface area contributed by atoms with Crippen molar-refractivity contribution in [3.63, 3.8) is 0 Å². The van der Waals surface area contributed by atoms with Crippen molar-refractivity contribution in [2.75, 3.05) is 0 Å². The minimum absolute atomic E-state index is 0.619. The van der Waals surface area contributed by atoms with Gasteiger partial charge in [-0.2, -0.15) is 0 Å². The van der Waals surface area contributed by atoms with E-state index in [4.69, 9.17) is 29.9 Å². The van der Waals surface area contributed by atoms with E-state index in [2.05, 4.69) is 72.8 Å². The molecule has 0 aliphatic carbocycles. The second-order valence-electron chi connectivity index (χ2n) is 12.5. The number of rotatable bonds is 7. The topological polar surface area (TPSA) is 77.3 Å². The van der Waals surface area contributed by atoms with Crippen LogP contribution in [-0.2, 0) is 0 Å². The smallest absolute Gasteiger partial charge is 0.164 e. The molecule has 0 N–H and O–H groups in total. The second kappa shape index (κ2) is 13.6. The normalized spacial score (nSPS) is 11.1. The van der Waals surface area contributed by atoms with Crippen LogP contribution in [0, 0.1) is 0 Å². The summed E-state index contributed by atoms with van der Waals surface area (Å²) in [6, 6.07) is 57.3. The molecule has 0 aliphatic heterocycles. The largest absolute Gasteiger partial charge is 0.254 e. The molecule has 0 saturated carbocycles. The molecule has 6 heteroatoms. The van der Waals surface area contributed by atoms with E-state index in [1.807, 2.05) is 109 Å². The van der Waals surface area contributed by atoms with Gasteiger partial charge >= 0.3 is 0 Å².